The SMILES string of the molecule is CCOP(=O)(Cc1ccc(C(=O)N[C@@H](CCCC#N)C(N)=O)cc1)OCC. The minimum Gasteiger partial charge on any atom is -0.368 e. The first-order valence-corrected chi connectivity index (χ1v) is 10.5. The van der Waals surface area contributed by atoms with Gasteiger partial charge in [-0.25, -0.2) is 0 Å². The van der Waals surface area contributed by atoms with Crippen molar-refractivity contribution in [1.82, 2.24) is 5.32 Å². The zero-order valence-electron chi connectivity index (χ0n) is 15.6. The zero-order chi connectivity index (χ0) is 20.3. The number of primary amides is 1. The third-order valence-electron chi connectivity index (χ3n) is 3.67. The van der Waals surface area contributed by atoms with Gasteiger partial charge >= 0.3 is 7.60 Å². The molecule has 1 aromatic carbocycles. The van der Waals surface area contributed by atoms with Crippen LogP contribution in [0.25, 0.3) is 0 Å². The highest BCUT2D eigenvalue weighted by atomic mass is 31.2. The molecule has 1 atom stereocenters. The van der Waals surface area contributed by atoms with E-state index in [1.54, 1.807) is 38.1 Å². The van der Waals surface area contributed by atoms with Crippen LogP contribution in [0.15, 0.2) is 24.3 Å². The predicted molar refractivity (Wildman–Crippen MR) is 101 cm³/mol. The minimum atomic E-state index is -3.22. The molecule has 0 radical (unpaired) electrons. The monoisotopic (exact) mass is 395 g/mol. The maximum absolute atomic E-state index is 12.5. The first kappa shape index (κ1) is 22.8. The highest BCUT2D eigenvalue weighted by Gasteiger charge is 2.24. The maximum Gasteiger partial charge on any atom is 0.335 e. The fourth-order valence-electron chi connectivity index (χ4n) is 2.42. The number of nitrogens with two attached hydrogens (primary N) is 1. The number of nitrogens with zero attached hydrogens (tertiary/aromatic N) is 1. The van der Waals surface area contributed by atoms with Crippen LogP contribution in [-0.4, -0.2) is 31.1 Å². The van der Waals surface area contributed by atoms with Gasteiger partial charge < -0.3 is 20.1 Å². The van der Waals surface area contributed by atoms with E-state index in [2.05, 4.69) is 5.32 Å². The van der Waals surface area contributed by atoms with Gasteiger partial charge in [-0.1, -0.05) is 12.1 Å². The predicted octanol–water partition coefficient (Wildman–Crippen LogP) is 2.73. The van der Waals surface area contributed by atoms with E-state index in [4.69, 9.17) is 20.0 Å². The second-order valence-corrected chi connectivity index (χ2v) is 7.83. The number of amides is 2. The first-order chi connectivity index (χ1) is 12.8. The highest BCUT2D eigenvalue weighted by Crippen LogP contribution is 2.51. The second kappa shape index (κ2) is 11.5. The van der Waals surface area contributed by atoms with Crippen molar-refractivity contribution in [2.75, 3.05) is 13.2 Å². The van der Waals surface area contributed by atoms with Gasteiger partial charge in [-0.05, 0) is 44.4 Å². The van der Waals surface area contributed by atoms with Gasteiger partial charge in [-0.15, -0.1) is 0 Å². The van der Waals surface area contributed by atoms with Crippen LogP contribution in [0.3, 0.4) is 0 Å². The number of carbonyl (C=O) groups is 2. The summed E-state index contributed by atoms with van der Waals surface area (Å²) in [5.41, 5.74) is 6.35. The van der Waals surface area contributed by atoms with Crippen LogP contribution in [0, 0.1) is 11.3 Å². The fraction of sp³-hybridized carbons (Fsp3) is 0.500. The van der Waals surface area contributed by atoms with Crippen LogP contribution in [-0.2, 0) is 24.6 Å². The van der Waals surface area contributed by atoms with E-state index in [1.807, 2.05) is 6.07 Å². The molecule has 0 heterocycles. The Bertz CT molecular complexity index is 705. The number of rotatable bonds is 12. The van der Waals surface area contributed by atoms with Crippen molar-refractivity contribution in [3.8, 4) is 6.07 Å². The molecule has 0 spiro atoms. The first-order valence-electron chi connectivity index (χ1n) is 8.79. The molecule has 0 aromatic heterocycles. The molecule has 0 saturated heterocycles. The lowest BCUT2D eigenvalue weighted by molar-refractivity contribution is -0.120. The third kappa shape index (κ3) is 7.92. The number of nitriles is 1. The summed E-state index contributed by atoms with van der Waals surface area (Å²) >= 11 is 0. The lowest BCUT2D eigenvalue weighted by atomic mass is 10.1. The number of nitrogens with one attached hydrogen (secondary N) is 1. The van der Waals surface area contributed by atoms with Crippen molar-refractivity contribution in [3.63, 3.8) is 0 Å². The topological polar surface area (TPSA) is 132 Å². The van der Waals surface area contributed by atoms with Crippen LogP contribution in [0.5, 0.6) is 0 Å². The Kier molecular flexibility index (Phi) is 9.73. The minimum absolute atomic E-state index is 0.106. The zero-order valence-corrected chi connectivity index (χ0v) is 16.5. The summed E-state index contributed by atoms with van der Waals surface area (Å²) in [5.74, 6) is -1.09. The van der Waals surface area contributed by atoms with Crippen molar-refractivity contribution >= 4 is 19.4 Å². The number of carbonyl (C=O) groups excluding carboxylic acids is 2. The molecule has 0 bridgehead atoms. The summed E-state index contributed by atoms with van der Waals surface area (Å²) in [5, 5.41) is 11.1. The smallest absolute Gasteiger partial charge is 0.335 e. The Balaban J connectivity index is 2.76. The largest absolute Gasteiger partial charge is 0.368 e. The van der Waals surface area contributed by atoms with E-state index in [0.29, 0.717) is 24.0 Å². The average Bonchev–Trinajstić information content (AvgIpc) is 2.61. The molecule has 0 aliphatic heterocycles. The molecule has 9 heteroatoms. The molecule has 148 valence electrons. The van der Waals surface area contributed by atoms with Crippen LogP contribution in [0.4, 0.5) is 0 Å². The van der Waals surface area contributed by atoms with Crippen molar-refractivity contribution in [1.29, 1.82) is 5.26 Å². The van der Waals surface area contributed by atoms with Gasteiger partial charge in [0.25, 0.3) is 5.91 Å². The Morgan fingerprint density at radius 3 is 2.30 bits per heavy atom. The highest BCUT2D eigenvalue weighted by molar-refractivity contribution is 7.53. The summed E-state index contributed by atoms with van der Waals surface area (Å²) in [6.07, 6.45) is 1.16. The van der Waals surface area contributed by atoms with Gasteiger partial charge in [-0.2, -0.15) is 5.26 Å². The van der Waals surface area contributed by atoms with E-state index in [1.165, 1.54) is 0 Å². The Morgan fingerprint density at radius 2 is 1.81 bits per heavy atom. The Morgan fingerprint density at radius 1 is 1.22 bits per heavy atom. The van der Waals surface area contributed by atoms with E-state index in [9.17, 15) is 14.2 Å². The average molecular weight is 395 g/mol. The number of hydrogen-bond acceptors (Lipinski definition) is 6. The summed E-state index contributed by atoms with van der Waals surface area (Å²) in [4.78, 5) is 23.8. The second-order valence-electron chi connectivity index (χ2n) is 5.78. The molecular weight excluding hydrogens is 369 g/mol. The Hall–Kier alpha value is -2.20. The van der Waals surface area contributed by atoms with Gasteiger partial charge in [-0.3, -0.25) is 14.2 Å². The lowest BCUT2D eigenvalue weighted by Gasteiger charge is -2.17. The van der Waals surface area contributed by atoms with Crippen molar-refractivity contribution in [3.05, 3.63) is 35.4 Å². The molecule has 0 aliphatic carbocycles. The van der Waals surface area contributed by atoms with E-state index >= 15 is 0 Å². The molecule has 27 heavy (non-hydrogen) atoms. The lowest BCUT2D eigenvalue weighted by Crippen LogP contribution is -2.44. The molecule has 1 rings (SSSR count). The van der Waals surface area contributed by atoms with E-state index in [0.717, 1.165) is 0 Å². The number of benzene rings is 1. The molecule has 3 N–H and O–H groups in total. The summed E-state index contributed by atoms with van der Waals surface area (Å²) in [6, 6.07) is 7.61. The summed E-state index contributed by atoms with van der Waals surface area (Å²) in [6.45, 7) is 4.03. The molecule has 0 aliphatic rings. The molecular formula is C18H26N3O5P. The molecule has 0 saturated carbocycles. The standard InChI is InChI=1S/C18H26N3O5P/c1-3-25-27(24,26-4-2)13-14-8-10-15(11-9-14)18(23)21-16(17(20)22)7-5-6-12-19/h8-11,16H,3-7,13H2,1-2H3,(H2,20,22)(H,21,23)/t16-/m0/s1. The fourth-order valence-corrected chi connectivity index (χ4v) is 4.12. The van der Waals surface area contributed by atoms with Crippen molar-refractivity contribution in [2.45, 2.75) is 45.3 Å². The van der Waals surface area contributed by atoms with Gasteiger partial charge in [0, 0.05) is 12.0 Å². The Labute approximate surface area is 159 Å². The molecule has 2 amide bonds. The molecule has 1 aromatic rings. The van der Waals surface area contributed by atoms with Gasteiger partial charge in [0.05, 0.1) is 25.4 Å². The van der Waals surface area contributed by atoms with Crippen LogP contribution in [0.1, 0.15) is 49.0 Å². The van der Waals surface area contributed by atoms with E-state index in [-0.39, 0.29) is 25.8 Å². The van der Waals surface area contributed by atoms with E-state index < -0.39 is 25.5 Å². The summed E-state index contributed by atoms with van der Waals surface area (Å²) < 4.78 is 23.1. The van der Waals surface area contributed by atoms with Crippen LogP contribution >= 0.6 is 7.60 Å². The summed E-state index contributed by atoms with van der Waals surface area (Å²) in [7, 11) is -3.22. The number of hydrogen-bond donors (Lipinski definition) is 2. The molecule has 0 fully saturated rings. The molecule has 0 unspecified atom stereocenters. The van der Waals surface area contributed by atoms with Gasteiger partial charge in [0.1, 0.15) is 6.04 Å². The molecule has 8 nitrogen and oxygen atoms in total. The van der Waals surface area contributed by atoms with Crippen LogP contribution in [0.2, 0.25) is 0 Å². The quantitative estimate of drug-likeness (QED) is 0.413. The normalized spacial score (nSPS) is 12.2. The maximum atomic E-state index is 12.5. The van der Waals surface area contributed by atoms with Gasteiger partial charge in [0.2, 0.25) is 5.91 Å². The van der Waals surface area contributed by atoms with Crippen LogP contribution < -0.4 is 11.1 Å². The van der Waals surface area contributed by atoms with Crippen molar-refractivity contribution < 1.29 is 23.2 Å². The van der Waals surface area contributed by atoms with Gasteiger partial charge in [0.15, 0.2) is 0 Å². The number of unbranched alkanes of at least 4 members (excludes halogenated alkanes) is 1. The third-order valence-corrected chi connectivity index (χ3v) is 5.73. The van der Waals surface area contributed by atoms with Crippen molar-refractivity contribution in [2.24, 2.45) is 5.73 Å².